The third-order valence-electron chi connectivity index (χ3n) is 5.63. The van der Waals surface area contributed by atoms with Gasteiger partial charge in [0.25, 0.3) is 0 Å². The Morgan fingerprint density at radius 1 is 0.971 bits per heavy atom. The molecule has 0 unspecified atom stereocenters. The molecule has 7 nitrogen and oxygen atoms in total. The molecule has 0 fully saturated rings. The van der Waals surface area contributed by atoms with Gasteiger partial charge in [0.05, 0.1) is 0 Å². The summed E-state index contributed by atoms with van der Waals surface area (Å²) >= 11 is 0. The summed E-state index contributed by atoms with van der Waals surface area (Å²) < 4.78 is 24.8. The molecule has 3 rings (SSSR count). The summed E-state index contributed by atoms with van der Waals surface area (Å²) in [5.74, 6) is -0.256. The number of fused-ring (bicyclic) bond motifs is 3. The fraction of sp³-hybridized carbons (Fsp3) is 0.423. The van der Waals surface area contributed by atoms with Crippen LogP contribution in [0.5, 0.6) is 0 Å². The molecular formula is C26H31FN2O5. The molecule has 0 aliphatic heterocycles. The molecule has 182 valence electrons. The summed E-state index contributed by atoms with van der Waals surface area (Å²) in [4.78, 5) is 38.2. The Balaban J connectivity index is 1.84. The number of carbonyl (C=O) groups is 3. The van der Waals surface area contributed by atoms with Gasteiger partial charge in [-0.05, 0) is 68.8 Å². The lowest BCUT2D eigenvalue weighted by molar-refractivity contribution is -0.134. The molecule has 1 aliphatic carbocycles. The van der Waals surface area contributed by atoms with Gasteiger partial charge in [-0.2, -0.15) is 9.29 Å². The highest BCUT2D eigenvalue weighted by Gasteiger charge is 2.39. The lowest BCUT2D eigenvalue weighted by atomic mass is 9.98. The average molecular weight is 471 g/mol. The zero-order valence-corrected chi connectivity index (χ0v) is 19.8. The zero-order chi connectivity index (χ0) is 24.9. The SMILES string of the molecule is CC(C)(C)OC(=O)N(C(=O)OCC1c2ccccc2-c2ccccc21)[C@@H](CCCCN)C(=O)F. The third kappa shape index (κ3) is 5.80. The lowest BCUT2D eigenvalue weighted by Gasteiger charge is -2.29. The number of amides is 2. The molecule has 8 heteroatoms. The fourth-order valence-electron chi connectivity index (χ4n) is 4.13. The van der Waals surface area contributed by atoms with E-state index < -0.39 is 29.9 Å². The average Bonchev–Trinajstić information content (AvgIpc) is 3.09. The minimum absolute atomic E-state index is 0.0734. The lowest BCUT2D eigenvalue weighted by Crippen LogP contribution is -2.50. The van der Waals surface area contributed by atoms with Crippen molar-refractivity contribution < 1.29 is 28.2 Å². The molecule has 0 heterocycles. The van der Waals surface area contributed by atoms with E-state index in [-0.39, 0.29) is 18.9 Å². The topological polar surface area (TPSA) is 98.9 Å². The largest absolute Gasteiger partial charge is 0.448 e. The Kier molecular flexibility index (Phi) is 8.04. The van der Waals surface area contributed by atoms with Gasteiger partial charge in [0.2, 0.25) is 0 Å². The van der Waals surface area contributed by atoms with Crippen LogP contribution in [0.15, 0.2) is 48.5 Å². The maximum absolute atomic E-state index is 14.0. The summed E-state index contributed by atoms with van der Waals surface area (Å²) in [7, 11) is 0. The van der Waals surface area contributed by atoms with E-state index in [1.807, 2.05) is 48.5 Å². The predicted octanol–water partition coefficient (Wildman–Crippen LogP) is 5.17. The number of carbonyl (C=O) groups excluding carboxylic acids is 3. The standard InChI is InChI=1S/C26H31FN2O5/c1-26(2,3)34-25(32)29(22(23(27)30)14-8-9-15-28)24(31)33-16-21-19-12-6-4-10-17(19)18-11-5-7-13-20(18)21/h4-7,10-13,21-22H,8-9,14-16,28H2,1-3H3/t22-/m0/s1. The van der Waals surface area contributed by atoms with Gasteiger partial charge in [0, 0.05) is 5.92 Å². The normalized spacial score (nSPS) is 13.6. The van der Waals surface area contributed by atoms with Gasteiger partial charge < -0.3 is 15.2 Å². The monoisotopic (exact) mass is 470 g/mol. The highest BCUT2D eigenvalue weighted by Crippen LogP contribution is 2.44. The summed E-state index contributed by atoms with van der Waals surface area (Å²) in [5, 5.41) is 0. The fourth-order valence-corrected chi connectivity index (χ4v) is 4.13. The van der Waals surface area contributed by atoms with Crippen LogP contribution in [0.25, 0.3) is 11.1 Å². The Morgan fingerprint density at radius 2 is 1.53 bits per heavy atom. The van der Waals surface area contributed by atoms with Crippen molar-refractivity contribution >= 4 is 18.2 Å². The van der Waals surface area contributed by atoms with Crippen molar-refractivity contribution in [1.29, 1.82) is 0 Å². The van der Waals surface area contributed by atoms with Gasteiger partial charge in [-0.1, -0.05) is 48.5 Å². The van der Waals surface area contributed by atoms with Gasteiger partial charge >= 0.3 is 18.2 Å². The Hall–Kier alpha value is -3.26. The Labute approximate surface area is 199 Å². The van der Waals surface area contributed by atoms with E-state index in [0.717, 1.165) is 22.3 Å². The molecule has 2 aromatic rings. The summed E-state index contributed by atoms with van der Waals surface area (Å²) in [6, 6.07) is 12.1. The first-order chi connectivity index (χ1) is 16.1. The number of rotatable bonds is 8. The van der Waals surface area contributed by atoms with E-state index in [0.29, 0.717) is 24.3 Å². The molecule has 1 aliphatic rings. The van der Waals surface area contributed by atoms with Crippen LogP contribution in [0.2, 0.25) is 0 Å². The van der Waals surface area contributed by atoms with E-state index in [2.05, 4.69) is 0 Å². The van der Waals surface area contributed by atoms with Crippen LogP contribution in [0.4, 0.5) is 14.0 Å². The maximum Gasteiger partial charge on any atom is 0.420 e. The maximum atomic E-state index is 14.0. The molecule has 0 saturated carbocycles. The molecular weight excluding hydrogens is 439 g/mol. The van der Waals surface area contributed by atoms with E-state index in [9.17, 15) is 18.8 Å². The van der Waals surface area contributed by atoms with Crippen molar-refractivity contribution in [1.82, 2.24) is 4.90 Å². The molecule has 0 saturated heterocycles. The highest BCUT2D eigenvalue weighted by molar-refractivity contribution is 5.93. The third-order valence-corrected chi connectivity index (χ3v) is 5.63. The van der Waals surface area contributed by atoms with Crippen LogP contribution >= 0.6 is 0 Å². The summed E-state index contributed by atoms with van der Waals surface area (Å²) in [5.41, 5.74) is 8.59. The van der Waals surface area contributed by atoms with Crippen molar-refractivity contribution in [2.24, 2.45) is 5.73 Å². The number of ether oxygens (including phenoxy) is 2. The number of unbranched alkanes of at least 4 members (excludes halogenated alkanes) is 1. The number of hydrogen-bond donors (Lipinski definition) is 1. The van der Waals surface area contributed by atoms with Crippen LogP contribution < -0.4 is 5.73 Å². The first kappa shape index (κ1) is 25.4. The van der Waals surface area contributed by atoms with Gasteiger partial charge in [0.1, 0.15) is 18.2 Å². The second kappa shape index (κ2) is 10.8. The number of imide groups is 1. The van der Waals surface area contributed by atoms with Gasteiger partial charge in [-0.15, -0.1) is 0 Å². The molecule has 2 amide bonds. The molecule has 34 heavy (non-hydrogen) atoms. The quantitative estimate of drug-likeness (QED) is 0.422. The van der Waals surface area contributed by atoms with Crippen molar-refractivity contribution in [3.05, 3.63) is 59.7 Å². The first-order valence-electron chi connectivity index (χ1n) is 11.4. The van der Waals surface area contributed by atoms with Crippen LogP contribution in [0.1, 0.15) is 57.1 Å². The van der Waals surface area contributed by atoms with E-state index in [1.54, 1.807) is 20.8 Å². The summed E-state index contributed by atoms with van der Waals surface area (Å²) in [6.07, 6.45) is -1.47. The van der Waals surface area contributed by atoms with Gasteiger partial charge in [-0.25, -0.2) is 9.59 Å². The van der Waals surface area contributed by atoms with Crippen molar-refractivity contribution in [2.75, 3.05) is 13.2 Å². The van der Waals surface area contributed by atoms with Crippen LogP contribution in [0.3, 0.4) is 0 Å². The molecule has 0 aromatic heterocycles. The minimum atomic E-state index is -1.81. The van der Waals surface area contributed by atoms with E-state index in [1.165, 1.54) is 0 Å². The number of hydrogen-bond acceptors (Lipinski definition) is 6. The minimum Gasteiger partial charge on any atom is -0.448 e. The number of benzene rings is 2. The Morgan fingerprint density at radius 3 is 2.03 bits per heavy atom. The van der Waals surface area contributed by atoms with Crippen molar-refractivity contribution in [3.63, 3.8) is 0 Å². The first-order valence-corrected chi connectivity index (χ1v) is 11.4. The molecule has 2 aromatic carbocycles. The second-order valence-electron chi connectivity index (χ2n) is 9.26. The van der Waals surface area contributed by atoms with Crippen molar-refractivity contribution in [3.8, 4) is 11.1 Å². The van der Waals surface area contributed by atoms with Crippen LogP contribution in [-0.2, 0) is 14.3 Å². The number of halogens is 1. The van der Waals surface area contributed by atoms with Crippen LogP contribution in [0, 0.1) is 0 Å². The predicted molar refractivity (Wildman–Crippen MR) is 126 cm³/mol. The molecule has 0 bridgehead atoms. The highest BCUT2D eigenvalue weighted by atomic mass is 19.1. The molecule has 1 atom stereocenters. The Bertz CT molecular complexity index is 1000. The smallest absolute Gasteiger partial charge is 0.420 e. The number of nitrogens with zero attached hydrogens (tertiary/aromatic N) is 1. The second-order valence-corrected chi connectivity index (χ2v) is 9.26. The van der Waals surface area contributed by atoms with Gasteiger partial charge in [0.15, 0.2) is 0 Å². The molecule has 0 radical (unpaired) electrons. The van der Waals surface area contributed by atoms with E-state index >= 15 is 0 Å². The zero-order valence-electron chi connectivity index (χ0n) is 19.8. The molecule has 0 spiro atoms. The van der Waals surface area contributed by atoms with Crippen LogP contribution in [-0.4, -0.2) is 47.9 Å². The van der Waals surface area contributed by atoms with E-state index in [4.69, 9.17) is 15.2 Å². The molecule has 2 N–H and O–H groups in total. The summed E-state index contributed by atoms with van der Waals surface area (Å²) in [6.45, 7) is 5.09. The van der Waals surface area contributed by atoms with Gasteiger partial charge in [-0.3, -0.25) is 4.79 Å². The number of nitrogens with two attached hydrogens (primary N) is 1. The van der Waals surface area contributed by atoms with Crippen molar-refractivity contribution in [2.45, 2.75) is 57.6 Å².